The van der Waals surface area contributed by atoms with E-state index in [-0.39, 0.29) is 5.69 Å². The van der Waals surface area contributed by atoms with E-state index in [0.29, 0.717) is 5.56 Å². The first-order valence-corrected chi connectivity index (χ1v) is 6.58. The van der Waals surface area contributed by atoms with Gasteiger partial charge in [0.1, 0.15) is 0 Å². The van der Waals surface area contributed by atoms with Crippen LogP contribution in [0.2, 0.25) is 0 Å². The molecule has 0 amide bonds. The molecule has 0 aliphatic rings. The van der Waals surface area contributed by atoms with Crippen LogP contribution in [-0.2, 0) is 7.05 Å². The second-order valence-corrected chi connectivity index (χ2v) is 4.78. The fourth-order valence-corrected chi connectivity index (χ4v) is 2.38. The molecule has 0 saturated carbocycles. The number of carboxylic acid groups (broad SMARTS) is 1. The SMILES string of the molecule is Cn1ncc(-c2ccc(-c3ccccc3)cc2)c1C(=O)O. The lowest BCUT2D eigenvalue weighted by atomic mass is 10.0. The van der Waals surface area contributed by atoms with E-state index in [1.165, 1.54) is 4.68 Å². The van der Waals surface area contributed by atoms with Crippen molar-refractivity contribution in [2.45, 2.75) is 0 Å². The van der Waals surface area contributed by atoms with Gasteiger partial charge in [-0.3, -0.25) is 4.68 Å². The summed E-state index contributed by atoms with van der Waals surface area (Å²) in [7, 11) is 1.63. The number of aromatic carboxylic acids is 1. The highest BCUT2D eigenvalue weighted by molar-refractivity contribution is 5.94. The lowest BCUT2D eigenvalue weighted by Gasteiger charge is -2.05. The third-order valence-corrected chi connectivity index (χ3v) is 3.44. The van der Waals surface area contributed by atoms with Crippen LogP contribution in [0.3, 0.4) is 0 Å². The Labute approximate surface area is 122 Å². The minimum atomic E-state index is -0.975. The van der Waals surface area contributed by atoms with Crippen LogP contribution < -0.4 is 0 Å². The number of carboxylic acids is 1. The average Bonchev–Trinajstić information content (AvgIpc) is 2.90. The van der Waals surface area contributed by atoms with E-state index >= 15 is 0 Å². The molecule has 0 saturated heterocycles. The number of aryl methyl sites for hydroxylation is 1. The van der Waals surface area contributed by atoms with Crippen molar-refractivity contribution in [3.63, 3.8) is 0 Å². The molecule has 0 fully saturated rings. The van der Waals surface area contributed by atoms with Gasteiger partial charge in [-0.25, -0.2) is 4.79 Å². The van der Waals surface area contributed by atoms with Crippen molar-refractivity contribution in [1.82, 2.24) is 9.78 Å². The second-order valence-electron chi connectivity index (χ2n) is 4.78. The first kappa shape index (κ1) is 13.1. The number of nitrogens with zero attached hydrogens (tertiary/aromatic N) is 2. The molecule has 0 spiro atoms. The van der Waals surface area contributed by atoms with Gasteiger partial charge in [-0.05, 0) is 16.7 Å². The molecule has 3 aromatic rings. The van der Waals surface area contributed by atoms with Gasteiger partial charge in [0.2, 0.25) is 0 Å². The smallest absolute Gasteiger partial charge is 0.354 e. The Kier molecular flexibility index (Phi) is 3.28. The Morgan fingerprint density at radius 1 is 0.952 bits per heavy atom. The summed E-state index contributed by atoms with van der Waals surface area (Å²) in [6, 6.07) is 17.9. The lowest BCUT2D eigenvalue weighted by molar-refractivity contribution is 0.0686. The third-order valence-electron chi connectivity index (χ3n) is 3.44. The van der Waals surface area contributed by atoms with Crippen LogP contribution in [-0.4, -0.2) is 20.9 Å². The predicted octanol–water partition coefficient (Wildman–Crippen LogP) is 3.45. The number of hydrogen-bond acceptors (Lipinski definition) is 2. The van der Waals surface area contributed by atoms with E-state index in [1.54, 1.807) is 13.2 Å². The number of aromatic nitrogens is 2. The summed E-state index contributed by atoms with van der Waals surface area (Å²) in [5.74, 6) is -0.975. The Balaban J connectivity index is 2.01. The van der Waals surface area contributed by atoms with Crippen LogP contribution in [0.1, 0.15) is 10.5 Å². The fraction of sp³-hybridized carbons (Fsp3) is 0.0588. The number of rotatable bonds is 3. The van der Waals surface area contributed by atoms with Gasteiger partial charge in [-0.1, -0.05) is 54.6 Å². The van der Waals surface area contributed by atoms with Crippen molar-refractivity contribution < 1.29 is 9.90 Å². The summed E-state index contributed by atoms with van der Waals surface area (Å²) in [6.07, 6.45) is 1.58. The van der Waals surface area contributed by atoms with Crippen molar-refractivity contribution in [2.24, 2.45) is 7.05 Å². The van der Waals surface area contributed by atoms with Crippen molar-refractivity contribution in [1.29, 1.82) is 0 Å². The minimum Gasteiger partial charge on any atom is -0.477 e. The monoisotopic (exact) mass is 278 g/mol. The Morgan fingerprint density at radius 3 is 2.14 bits per heavy atom. The van der Waals surface area contributed by atoms with Crippen LogP contribution >= 0.6 is 0 Å². The van der Waals surface area contributed by atoms with Crippen molar-refractivity contribution in [2.75, 3.05) is 0 Å². The Bertz CT molecular complexity index is 774. The van der Waals surface area contributed by atoms with Gasteiger partial charge in [0.15, 0.2) is 5.69 Å². The molecule has 1 N–H and O–H groups in total. The normalized spacial score (nSPS) is 10.5. The summed E-state index contributed by atoms with van der Waals surface area (Å²) in [5.41, 5.74) is 3.90. The lowest BCUT2D eigenvalue weighted by Crippen LogP contribution is -2.06. The molecule has 3 rings (SSSR count). The Hall–Kier alpha value is -2.88. The van der Waals surface area contributed by atoms with Gasteiger partial charge < -0.3 is 5.11 Å². The molecule has 0 aliphatic carbocycles. The predicted molar refractivity (Wildman–Crippen MR) is 81.0 cm³/mol. The molecule has 0 radical (unpaired) electrons. The molecule has 0 unspecified atom stereocenters. The van der Waals surface area contributed by atoms with E-state index in [9.17, 15) is 9.90 Å². The zero-order valence-electron chi connectivity index (χ0n) is 11.5. The van der Waals surface area contributed by atoms with E-state index < -0.39 is 5.97 Å². The first-order chi connectivity index (χ1) is 10.2. The molecule has 4 heteroatoms. The maximum Gasteiger partial charge on any atom is 0.354 e. The van der Waals surface area contributed by atoms with Crippen LogP contribution in [0, 0.1) is 0 Å². The molecule has 0 atom stereocenters. The van der Waals surface area contributed by atoms with Gasteiger partial charge >= 0.3 is 5.97 Å². The Morgan fingerprint density at radius 2 is 1.52 bits per heavy atom. The molecule has 104 valence electrons. The van der Waals surface area contributed by atoms with Crippen molar-refractivity contribution in [3.05, 3.63) is 66.5 Å². The molecule has 21 heavy (non-hydrogen) atoms. The largest absolute Gasteiger partial charge is 0.477 e. The van der Waals surface area contributed by atoms with E-state index in [2.05, 4.69) is 5.10 Å². The summed E-state index contributed by atoms with van der Waals surface area (Å²) in [6.45, 7) is 0. The van der Waals surface area contributed by atoms with Gasteiger partial charge in [0.25, 0.3) is 0 Å². The first-order valence-electron chi connectivity index (χ1n) is 6.58. The van der Waals surface area contributed by atoms with Gasteiger partial charge in [-0.15, -0.1) is 0 Å². The van der Waals surface area contributed by atoms with E-state index in [1.807, 2.05) is 54.6 Å². The van der Waals surface area contributed by atoms with Crippen LogP contribution in [0.4, 0.5) is 0 Å². The summed E-state index contributed by atoms with van der Waals surface area (Å²) in [4.78, 5) is 11.3. The number of hydrogen-bond donors (Lipinski definition) is 1. The molecule has 1 aromatic heterocycles. The highest BCUT2D eigenvalue weighted by atomic mass is 16.4. The van der Waals surface area contributed by atoms with E-state index in [0.717, 1.165) is 16.7 Å². The molecule has 2 aromatic carbocycles. The maximum atomic E-state index is 11.3. The fourth-order valence-electron chi connectivity index (χ4n) is 2.38. The second kappa shape index (κ2) is 5.25. The summed E-state index contributed by atoms with van der Waals surface area (Å²) < 4.78 is 1.38. The molecule has 0 bridgehead atoms. The van der Waals surface area contributed by atoms with Crippen molar-refractivity contribution >= 4 is 5.97 Å². The number of benzene rings is 2. The van der Waals surface area contributed by atoms with Crippen LogP contribution in [0.15, 0.2) is 60.8 Å². The number of carbonyl (C=O) groups is 1. The molecular formula is C17H14N2O2. The van der Waals surface area contributed by atoms with Crippen LogP contribution in [0.25, 0.3) is 22.3 Å². The molecular weight excluding hydrogens is 264 g/mol. The standard InChI is InChI=1S/C17H14N2O2/c1-19-16(17(20)21)15(11-18-19)14-9-7-13(8-10-14)12-5-3-2-4-6-12/h2-11H,1H3,(H,20,21). The highest BCUT2D eigenvalue weighted by Gasteiger charge is 2.16. The molecule has 0 aliphatic heterocycles. The summed E-state index contributed by atoms with van der Waals surface area (Å²) in [5, 5.41) is 13.3. The zero-order valence-corrected chi connectivity index (χ0v) is 11.5. The van der Waals surface area contributed by atoms with Gasteiger partial charge in [0.05, 0.1) is 6.20 Å². The van der Waals surface area contributed by atoms with E-state index in [4.69, 9.17) is 0 Å². The minimum absolute atomic E-state index is 0.197. The zero-order chi connectivity index (χ0) is 14.8. The third kappa shape index (κ3) is 2.43. The molecule has 1 heterocycles. The van der Waals surface area contributed by atoms with Crippen molar-refractivity contribution in [3.8, 4) is 22.3 Å². The van der Waals surface area contributed by atoms with Crippen LogP contribution in [0.5, 0.6) is 0 Å². The van der Waals surface area contributed by atoms with Gasteiger partial charge in [-0.2, -0.15) is 5.10 Å². The maximum absolute atomic E-state index is 11.3. The quantitative estimate of drug-likeness (QED) is 0.798. The molecule has 4 nitrogen and oxygen atoms in total. The average molecular weight is 278 g/mol. The van der Waals surface area contributed by atoms with Gasteiger partial charge in [0, 0.05) is 12.6 Å². The summed E-state index contributed by atoms with van der Waals surface area (Å²) >= 11 is 0. The highest BCUT2D eigenvalue weighted by Crippen LogP contribution is 2.26. The topological polar surface area (TPSA) is 55.1 Å².